The lowest BCUT2D eigenvalue weighted by Crippen LogP contribution is -1.97. The van der Waals surface area contributed by atoms with E-state index in [-0.39, 0.29) is 0 Å². The van der Waals surface area contributed by atoms with Gasteiger partial charge in [-0.2, -0.15) is 4.52 Å². The standard InChI is InChI=1S/C11H8BrN5O/c1-7-2-3-8(12)4-9(7)18-11-6-13-5-10-14-15-16-17(10)11/h2-6H,1H3. The minimum absolute atomic E-state index is 0.471. The second kappa shape index (κ2) is 4.34. The van der Waals surface area contributed by atoms with Crippen LogP contribution in [0.1, 0.15) is 5.56 Å². The predicted octanol–water partition coefficient (Wildman–Crippen LogP) is 2.38. The van der Waals surface area contributed by atoms with Crippen LogP contribution in [0.15, 0.2) is 35.1 Å². The van der Waals surface area contributed by atoms with Crippen LogP contribution in [0.4, 0.5) is 0 Å². The van der Waals surface area contributed by atoms with Crippen molar-refractivity contribution in [3.05, 3.63) is 40.6 Å². The quantitative estimate of drug-likeness (QED) is 0.727. The maximum Gasteiger partial charge on any atom is 0.242 e. The molecule has 0 fully saturated rings. The molecule has 6 nitrogen and oxygen atoms in total. The number of benzene rings is 1. The van der Waals surface area contributed by atoms with Gasteiger partial charge in [0.05, 0.1) is 12.4 Å². The largest absolute Gasteiger partial charge is 0.437 e. The molecule has 0 aliphatic heterocycles. The van der Waals surface area contributed by atoms with Gasteiger partial charge in [-0.05, 0) is 35.0 Å². The highest BCUT2D eigenvalue weighted by atomic mass is 79.9. The number of fused-ring (bicyclic) bond motifs is 1. The molecule has 3 rings (SSSR count). The van der Waals surface area contributed by atoms with Gasteiger partial charge in [-0.25, -0.2) is 0 Å². The van der Waals surface area contributed by atoms with E-state index < -0.39 is 0 Å². The topological polar surface area (TPSA) is 65.2 Å². The van der Waals surface area contributed by atoms with Crippen LogP contribution in [0.3, 0.4) is 0 Å². The summed E-state index contributed by atoms with van der Waals surface area (Å²) in [7, 11) is 0. The van der Waals surface area contributed by atoms with E-state index in [0.717, 1.165) is 15.8 Å². The van der Waals surface area contributed by atoms with E-state index in [0.29, 0.717) is 11.5 Å². The van der Waals surface area contributed by atoms with Gasteiger partial charge in [0, 0.05) is 4.47 Å². The van der Waals surface area contributed by atoms with Gasteiger partial charge in [0.2, 0.25) is 11.5 Å². The minimum atomic E-state index is 0.471. The molecule has 0 spiro atoms. The van der Waals surface area contributed by atoms with Crippen LogP contribution >= 0.6 is 15.9 Å². The molecule has 0 saturated carbocycles. The van der Waals surface area contributed by atoms with E-state index in [1.807, 2.05) is 25.1 Å². The lowest BCUT2D eigenvalue weighted by molar-refractivity contribution is 0.438. The third-order valence-electron chi connectivity index (χ3n) is 2.44. The molecule has 0 unspecified atom stereocenters. The van der Waals surface area contributed by atoms with Crippen LogP contribution in [0.5, 0.6) is 11.6 Å². The monoisotopic (exact) mass is 305 g/mol. The van der Waals surface area contributed by atoms with Crippen LogP contribution in [-0.4, -0.2) is 25.0 Å². The summed E-state index contributed by atoms with van der Waals surface area (Å²) in [6.45, 7) is 1.97. The van der Waals surface area contributed by atoms with Crippen molar-refractivity contribution in [2.75, 3.05) is 0 Å². The first kappa shape index (κ1) is 11.1. The molecule has 18 heavy (non-hydrogen) atoms. The van der Waals surface area contributed by atoms with Crippen molar-refractivity contribution >= 4 is 21.6 Å². The number of halogens is 1. The Kier molecular flexibility index (Phi) is 2.67. The van der Waals surface area contributed by atoms with E-state index in [4.69, 9.17) is 4.74 Å². The van der Waals surface area contributed by atoms with E-state index in [9.17, 15) is 0 Å². The molecule has 7 heteroatoms. The summed E-state index contributed by atoms with van der Waals surface area (Å²) in [5.41, 5.74) is 1.56. The highest BCUT2D eigenvalue weighted by Crippen LogP contribution is 2.27. The fourth-order valence-corrected chi connectivity index (χ4v) is 1.86. The van der Waals surface area contributed by atoms with Gasteiger partial charge in [0.1, 0.15) is 5.75 Å². The molecule has 2 heterocycles. The van der Waals surface area contributed by atoms with Crippen molar-refractivity contribution in [1.82, 2.24) is 25.0 Å². The summed E-state index contributed by atoms with van der Waals surface area (Å²) in [5, 5.41) is 11.2. The molecular weight excluding hydrogens is 298 g/mol. The van der Waals surface area contributed by atoms with Crippen LogP contribution in [0.25, 0.3) is 5.65 Å². The van der Waals surface area contributed by atoms with E-state index in [1.54, 1.807) is 12.4 Å². The van der Waals surface area contributed by atoms with Crippen molar-refractivity contribution < 1.29 is 4.74 Å². The van der Waals surface area contributed by atoms with E-state index >= 15 is 0 Å². The Morgan fingerprint density at radius 1 is 1.28 bits per heavy atom. The molecule has 0 aliphatic rings. The molecule has 0 amide bonds. The van der Waals surface area contributed by atoms with E-state index in [1.165, 1.54) is 4.52 Å². The molecule has 0 N–H and O–H groups in total. The van der Waals surface area contributed by atoms with Gasteiger partial charge >= 0.3 is 0 Å². The Morgan fingerprint density at radius 3 is 3.06 bits per heavy atom. The highest BCUT2D eigenvalue weighted by molar-refractivity contribution is 9.10. The normalized spacial score (nSPS) is 10.8. The second-order valence-corrected chi connectivity index (χ2v) is 4.62. The van der Waals surface area contributed by atoms with Crippen LogP contribution in [-0.2, 0) is 0 Å². The van der Waals surface area contributed by atoms with E-state index in [2.05, 4.69) is 36.4 Å². The van der Waals surface area contributed by atoms with Gasteiger partial charge in [0.25, 0.3) is 0 Å². The molecule has 0 radical (unpaired) electrons. The molecule has 90 valence electrons. The van der Waals surface area contributed by atoms with Crippen LogP contribution in [0.2, 0.25) is 0 Å². The molecular formula is C11H8BrN5O. The molecule has 0 aliphatic carbocycles. The molecule has 0 saturated heterocycles. The number of hydrogen-bond donors (Lipinski definition) is 0. The van der Waals surface area contributed by atoms with Crippen molar-refractivity contribution in [2.24, 2.45) is 0 Å². The van der Waals surface area contributed by atoms with Crippen molar-refractivity contribution in [1.29, 1.82) is 0 Å². The van der Waals surface area contributed by atoms with Gasteiger partial charge in [0.15, 0.2) is 0 Å². The molecule has 0 atom stereocenters. The second-order valence-electron chi connectivity index (χ2n) is 3.71. The zero-order valence-electron chi connectivity index (χ0n) is 9.41. The lowest BCUT2D eigenvalue weighted by Gasteiger charge is -2.08. The van der Waals surface area contributed by atoms with Crippen LogP contribution < -0.4 is 4.74 Å². The first-order valence-electron chi connectivity index (χ1n) is 5.20. The zero-order chi connectivity index (χ0) is 12.5. The maximum atomic E-state index is 5.79. The SMILES string of the molecule is Cc1ccc(Br)cc1Oc1cncc2nnnn12. The third-order valence-corrected chi connectivity index (χ3v) is 2.94. The van der Waals surface area contributed by atoms with Gasteiger partial charge < -0.3 is 4.74 Å². The molecule has 0 bridgehead atoms. The molecule has 1 aromatic carbocycles. The number of aryl methyl sites for hydroxylation is 1. The number of aromatic nitrogens is 5. The van der Waals surface area contributed by atoms with Crippen molar-refractivity contribution in [2.45, 2.75) is 6.92 Å². The van der Waals surface area contributed by atoms with Gasteiger partial charge in [-0.3, -0.25) is 4.98 Å². The smallest absolute Gasteiger partial charge is 0.242 e. The Labute approximate surface area is 111 Å². The summed E-state index contributed by atoms with van der Waals surface area (Å²) in [6.07, 6.45) is 3.14. The first-order valence-corrected chi connectivity index (χ1v) is 5.99. The minimum Gasteiger partial charge on any atom is -0.437 e. The molecule has 3 aromatic rings. The summed E-state index contributed by atoms with van der Waals surface area (Å²) in [5.74, 6) is 1.20. The fraction of sp³-hybridized carbons (Fsp3) is 0.0909. The number of ether oxygens (including phenoxy) is 1. The van der Waals surface area contributed by atoms with Gasteiger partial charge in [-0.1, -0.05) is 22.0 Å². The average Bonchev–Trinajstić information content (AvgIpc) is 2.83. The highest BCUT2D eigenvalue weighted by Gasteiger charge is 2.08. The number of nitrogens with zero attached hydrogens (tertiary/aromatic N) is 5. The van der Waals surface area contributed by atoms with Crippen molar-refractivity contribution in [3.63, 3.8) is 0 Å². The Bertz CT molecular complexity index is 711. The average molecular weight is 306 g/mol. The van der Waals surface area contributed by atoms with Crippen molar-refractivity contribution in [3.8, 4) is 11.6 Å². The summed E-state index contributed by atoms with van der Waals surface area (Å²) in [4.78, 5) is 4.03. The predicted molar refractivity (Wildman–Crippen MR) is 67.5 cm³/mol. The Morgan fingerprint density at radius 2 is 2.17 bits per heavy atom. The van der Waals surface area contributed by atoms with Crippen LogP contribution in [0, 0.1) is 6.92 Å². The summed E-state index contributed by atoms with van der Waals surface area (Å²) in [6, 6.07) is 5.81. The number of rotatable bonds is 2. The zero-order valence-corrected chi connectivity index (χ0v) is 11.0. The Hall–Kier alpha value is -2.02. The molecule has 2 aromatic heterocycles. The first-order chi connectivity index (χ1) is 8.74. The summed E-state index contributed by atoms with van der Waals surface area (Å²) < 4.78 is 8.23. The number of hydrogen-bond acceptors (Lipinski definition) is 5. The van der Waals surface area contributed by atoms with Gasteiger partial charge in [-0.15, -0.1) is 5.10 Å². The fourth-order valence-electron chi connectivity index (χ4n) is 1.52. The lowest BCUT2D eigenvalue weighted by atomic mass is 10.2. The third kappa shape index (κ3) is 1.92. The summed E-state index contributed by atoms with van der Waals surface area (Å²) >= 11 is 3.41. The Balaban J connectivity index is 2.06. The maximum absolute atomic E-state index is 5.79. The number of tetrazole rings is 1.